The summed E-state index contributed by atoms with van der Waals surface area (Å²) in [5.74, 6) is 1.27. The molecular weight excluding hydrogens is 337 g/mol. The van der Waals surface area contributed by atoms with E-state index in [-0.39, 0.29) is 0 Å². The molecule has 2 nitrogen and oxygen atoms in total. The number of rotatable bonds is 3. The van der Waals surface area contributed by atoms with Gasteiger partial charge in [-0.1, -0.05) is 45.2 Å². The molecule has 0 unspecified atom stereocenters. The van der Waals surface area contributed by atoms with Crippen LogP contribution in [0.15, 0.2) is 40.9 Å². The van der Waals surface area contributed by atoms with Gasteiger partial charge in [0.25, 0.3) is 0 Å². The molecule has 94 valence electrons. The van der Waals surface area contributed by atoms with Crippen molar-refractivity contribution in [2.45, 2.75) is 6.54 Å². The summed E-state index contributed by atoms with van der Waals surface area (Å²) in [6, 6.07) is 10.7. The summed E-state index contributed by atoms with van der Waals surface area (Å²) >= 11 is 15.2. The second-order valence-electron chi connectivity index (χ2n) is 3.66. The van der Waals surface area contributed by atoms with E-state index in [1.165, 1.54) is 0 Å². The average molecular weight is 347 g/mol. The van der Waals surface area contributed by atoms with E-state index in [0.717, 1.165) is 10.0 Å². The van der Waals surface area contributed by atoms with E-state index in [4.69, 9.17) is 33.7 Å². The standard InChI is InChI=1S/C13H10BrCl2NO/c14-9-2-1-8(7-17)13(3-9)18-12-5-10(15)4-11(16)6-12/h1-6H,7,17H2. The van der Waals surface area contributed by atoms with Gasteiger partial charge in [0.2, 0.25) is 0 Å². The van der Waals surface area contributed by atoms with Crippen molar-refractivity contribution in [3.8, 4) is 11.5 Å². The van der Waals surface area contributed by atoms with Crippen LogP contribution in [0.4, 0.5) is 0 Å². The Kier molecular flexibility index (Phi) is 4.51. The Labute approximate surface area is 124 Å². The van der Waals surface area contributed by atoms with Crippen molar-refractivity contribution >= 4 is 39.1 Å². The van der Waals surface area contributed by atoms with Crippen molar-refractivity contribution in [2.24, 2.45) is 5.73 Å². The molecule has 0 amide bonds. The summed E-state index contributed by atoms with van der Waals surface area (Å²) in [7, 11) is 0. The molecule has 0 aromatic heterocycles. The Hall–Kier alpha value is -0.740. The second-order valence-corrected chi connectivity index (χ2v) is 5.45. The Morgan fingerprint density at radius 1 is 1.06 bits per heavy atom. The molecule has 2 aromatic carbocycles. The average Bonchev–Trinajstić information content (AvgIpc) is 2.27. The van der Waals surface area contributed by atoms with Crippen molar-refractivity contribution in [1.82, 2.24) is 0 Å². The molecule has 0 aliphatic heterocycles. The van der Waals surface area contributed by atoms with Crippen LogP contribution in [0.1, 0.15) is 5.56 Å². The monoisotopic (exact) mass is 345 g/mol. The van der Waals surface area contributed by atoms with E-state index in [1.54, 1.807) is 18.2 Å². The maximum atomic E-state index is 5.92. The number of hydrogen-bond acceptors (Lipinski definition) is 2. The van der Waals surface area contributed by atoms with Crippen LogP contribution < -0.4 is 10.5 Å². The lowest BCUT2D eigenvalue weighted by molar-refractivity contribution is 0.476. The van der Waals surface area contributed by atoms with Crippen molar-refractivity contribution in [2.75, 3.05) is 0 Å². The number of ether oxygens (including phenoxy) is 1. The quantitative estimate of drug-likeness (QED) is 0.848. The molecule has 2 aromatic rings. The highest BCUT2D eigenvalue weighted by Crippen LogP contribution is 2.31. The van der Waals surface area contributed by atoms with Crippen LogP contribution in [-0.2, 0) is 6.54 Å². The number of halogens is 3. The predicted octanol–water partition coefficient (Wildman–Crippen LogP) is 5.01. The van der Waals surface area contributed by atoms with Crippen LogP contribution in [0.5, 0.6) is 11.5 Å². The van der Waals surface area contributed by atoms with E-state index in [0.29, 0.717) is 28.1 Å². The molecule has 18 heavy (non-hydrogen) atoms. The highest BCUT2D eigenvalue weighted by atomic mass is 79.9. The van der Waals surface area contributed by atoms with Crippen LogP contribution in [-0.4, -0.2) is 0 Å². The molecule has 2 N–H and O–H groups in total. The first-order chi connectivity index (χ1) is 8.58. The van der Waals surface area contributed by atoms with E-state index < -0.39 is 0 Å². The van der Waals surface area contributed by atoms with E-state index in [9.17, 15) is 0 Å². The topological polar surface area (TPSA) is 35.2 Å². The number of benzene rings is 2. The fourth-order valence-electron chi connectivity index (χ4n) is 1.51. The fourth-order valence-corrected chi connectivity index (χ4v) is 2.35. The Balaban J connectivity index is 2.35. The first-order valence-electron chi connectivity index (χ1n) is 5.21. The highest BCUT2D eigenvalue weighted by molar-refractivity contribution is 9.10. The van der Waals surface area contributed by atoms with Gasteiger partial charge >= 0.3 is 0 Å². The van der Waals surface area contributed by atoms with Crippen LogP contribution in [0.25, 0.3) is 0 Å². The second kappa shape index (κ2) is 5.93. The van der Waals surface area contributed by atoms with Gasteiger partial charge in [-0.05, 0) is 30.3 Å². The molecule has 0 heterocycles. The Bertz CT molecular complexity index is 555. The van der Waals surface area contributed by atoms with E-state index in [2.05, 4.69) is 15.9 Å². The lowest BCUT2D eigenvalue weighted by Crippen LogP contribution is -1.99. The molecule has 5 heteroatoms. The van der Waals surface area contributed by atoms with Crippen LogP contribution in [0.3, 0.4) is 0 Å². The smallest absolute Gasteiger partial charge is 0.133 e. The van der Waals surface area contributed by atoms with Crippen LogP contribution in [0, 0.1) is 0 Å². The SMILES string of the molecule is NCc1ccc(Br)cc1Oc1cc(Cl)cc(Cl)c1. The summed E-state index contributed by atoms with van der Waals surface area (Å²) < 4.78 is 6.68. The zero-order chi connectivity index (χ0) is 13.1. The van der Waals surface area contributed by atoms with Crippen molar-refractivity contribution < 1.29 is 4.74 Å². The van der Waals surface area contributed by atoms with Crippen LogP contribution >= 0.6 is 39.1 Å². The molecule has 0 fully saturated rings. The Morgan fingerprint density at radius 3 is 2.33 bits per heavy atom. The molecule has 0 atom stereocenters. The molecule has 0 saturated heterocycles. The van der Waals surface area contributed by atoms with Crippen molar-refractivity contribution in [1.29, 1.82) is 0 Å². The number of nitrogens with two attached hydrogens (primary N) is 1. The lowest BCUT2D eigenvalue weighted by Gasteiger charge is -2.11. The van der Waals surface area contributed by atoms with Gasteiger partial charge < -0.3 is 10.5 Å². The van der Waals surface area contributed by atoms with Gasteiger partial charge in [0, 0.05) is 26.6 Å². The highest BCUT2D eigenvalue weighted by Gasteiger charge is 2.06. The third-order valence-corrected chi connectivity index (χ3v) is 3.24. The minimum Gasteiger partial charge on any atom is -0.457 e. The summed E-state index contributed by atoms with van der Waals surface area (Å²) in [6.07, 6.45) is 0. The van der Waals surface area contributed by atoms with Crippen LogP contribution in [0.2, 0.25) is 10.0 Å². The first kappa shape index (κ1) is 13.7. The van der Waals surface area contributed by atoms with Gasteiger partial charge in [0.15, 0.2) is 0 Å². The molecule has 0 saturated carbocycles. The zero-order valence-electron chi connectivity index (χ0n) is 9.29. The predicted molar refractivity (Wildman–Crippen MR) is 78.6 cm³/mol. The van der Waals surface area contributed by atoms with Gasteiger partial charge in [-0.2, -0.15) is 0 Å². The molecule has 0 aliphatic carbocycles. The van der Waals surface area contributed by atoms with Gasteiger partial charge in [0.1, 0.15) is 11.5 Å². The summed E-state index contributed by atoms with van der Waals surface area (Å²) in [6.45, 7) is 0.400. The summed E-state index contributed by atoms with van der Waals surface area (Å²) in [5, 5.41) is 1.06. The van der Waals surface area contributed by atoms with Gasteiger partial charge in [-0.3, -0.25) is 0 Å². The van der Waals surface area contributed by atoms with E-state index >= 15 is 0 Å². The molecule has 0 aliphatic rings. The summed E-state index contributed by atoms with van der Waals surface area (Å²) in [5.41, 5.74) is 6.58. The molecule has 0 bridgehead atoms. The zero-order valence-corrected chi connectivity index (χ0v) is 12.4. The largest absolute Gasteiger partial charge is 0.457 e. The third kappa shape index (κ3) is 3.39. The van der Waals surface area contributed by atoms with Gasteiger partial charge in [-0.15, -0.1) is 0 Å². The van der Waals surface area contributed by atoms with E-state index in [1.807, 2.05) is 18.2 Å². The van der Waals surface area contributed by atoms with Crippen molar-refractivity contribution in [3.63, 3.8) is 0 Å². The Morgan fingerprint density at radius 2 is 1.72 bits per heavy atom. The molecule has 0 radical (unpaired) electrons. The normalized spacial score (nSPS) is 10.4. The van der Waals surface area contributed by atoms with Crippen molar-refractivity contribution in [3.05, 3.63) is 56.5 Å². The molecule has 2 rings (SSSR count). The maximum Gasteiger partial charge on any atom is 0.133 e. The summed E-state index contributed by atoms with van der Waals surface area (Å²) in [4.78, 5) is 0. The molecular formula is C13H10BrCl2NO. The minimum absolute atomic E-state index is 0.400. The minimum atomic E-state index is 0.400. The van der Waals surface area contributed by atoms with Gasteiger partial charge in [-0.25, -0.2) is 0 Å². The maximum absolute atomic E-state index is 5.92. The molecule has 0 spiro atoms. The first-order valence-corrected chi connectivity index (χ1v) is 6.76. The fraction of sp³-hybridized carbons (Fsp3) is 0.0769. The lowest BCUT2D eigenvalue weighted by atomic mass is 10.2. The number of hydrogen-bond donors (Lipinski definition) is 1. The van der Waals surface area contributed by atoms with Gasteiger partial charge in [0.05, 0.1) is 0 Å². The third-order valence-electron chi connectivity index (χ3n) is 2.31.